The predicted molar refractivity (Wildman–Crippen MR) is 50.3 cm³/mol. The average Bonchev–Trinajstić information content (AvgIpc) is 2.08. The van der Waals surface area contributed by atoms with Gasteiger partial charge in [-0.2, -0.15) is 0 Å². The molecule has 4 heteroatoms. The number of rotatable bonds is 3. The molecule has 0 atom stereocenters. The van der Waals surface area contributed by atoms with Crippen molar-refractivity contribution in [3.05, 3.63) is 12.3 Å². The van der Waals surface area contributed by atoms with Gasteiger partial charge in [0.2, 0.25) is 0 Å². The van der Waals surface area contributed by atoms with E-state index in [1.54, 1.807) is 12.3 Å². The molecule has 0 spiro atoms. The van der Waals surface area contributed by atoms with Crippen LogP contribution in [-0.2, 0) is 9.53 Å². The second-order valence-corrected chi connectivity index (χ2v) is 3.03. The summed E-state index contributed by atoms with van der Waals surface area (Å²) in [6.45, 7) is 0. The molecule has 0 aromatic heterocycles. The molecule has 0 bridgehead atoms. The van der Waals surface area contributed by atoms with Gasteiger partial charge in [0.05, 0.1) is 19.1 Å². The quantitative estimate of drug-likeness (QED) is 0.510. The van der Waals surface area contributed by atoms with E-state index in [4.69, 9.17) is 5.73 Å². The SMILES string of the molecule is COC(=O)C1CC(N=CC=CN)C1. The largest absolute Gasteiger partial charge is 0.469 e. The van der Waals surface area contributed by atoms with Crippen molar-refractivity contribution >= 4 is 12.2 Å². The number of nitrogens with zero attached hydrogens (tertiary/aromatic N) is 1. The normalized spacial score (nSPS) is 27.8. The Balaban J connectivity index is 2.22. The molecule has 0 aliphatic heterocycles. The summed E-state index contributed by atoms with van der Waals surface area (Å²) in [5.74, 6) is -0.0742. The average molecular weight is 182 g/mol. The topological polar surface area (TPSA) is 64.7 Å². The van der Waals surface area contributed by atoms with E-state index >= 15 is 0 Å². The van der Waals surface area contributed by atoms with Crippen LogP contribution in [0.2, 0.25) is 0 Å². The number of hydrogen-bond acceptors (Lipinski definition) is 4. The molecule has 0 amide bonds. The second kappa shape index (κ2) is 4.64. The first-order valence-corrected chi connectivity index (χ1v) is 4.25. The Morgan fingerprint density at radius 1 is 1.62 bits per heavy atom. The third-order valence-electron chi connectivity index (χ3n) is 2.14. The van der Waals surface area contributed by atoms with Crippen LogP contribution >= 0.6 is 0 Å². The maximum absolute atomic E-state index is 11.0. The summed E-state index contributed by atoms with van der Waals surface area (Å²) in [6, 6.07) is 0.264. The van der Waals surface area contributed by atoms with Gasteiger partial charge in [-0.1, -0.05) is 0 Å². The predicted octanol–water partition coefficient (Wildman–Crippen LogP) is 0.481. The van der Waals surface area contributed by atoms with E-state index in [9.17, 15) is 4.79 Å². The lowest BCUT2D eigenvalue weighted by Crippen LogP contribution is -2.34. The number of aliphatic imine (C=N–C) groups is 1. The number of esters is 1. The van der Waals surface area contributed by atoms with Gasteiger partial charge in [0.25, 0.3) is 0 Å². The molecule has 4 nitrogen and oxygen atoms in total. The van der Waals surface area contributed by atoms with E-state index in [2.05, 4.69) is 9.73 Å². The molecule has 72 valence electrons. The van der Waals surface area contributed by atoms with Crippen LogP contribution < -0.4 is 5.73 Å². The summed E-state index contributed by atoms with van der Waals surface area (Å²) < 4.78 is 4.60. The molecule has 0 radical (unpaired) electrons. The van der Waals surface area contributed by atoms with Crippen LogP contribution in [0.3, 0.4) is 0 Å². The molecule has 13 heavy (non-hydrogen) atoms. The summed E-state index contributed by atoms with van der Waals surface area (Å²) in [5, 5.41) is 0. The van der Waals surface area contributed by atoms with Gasteiger partial charge < -0.3 is 10.5 Å². The van der Waals surface area contributed by atoms with E-state index in [0.717, 1.165) is 12.8 Å². The van der Waals surface area contributed by atoms with Gasteiger partial charge in [0.15, 0.2) is 0 Å². The number of carbonyl (C=O) groups excluding carboxylic acids is 1. The first-order chi connectivity index (χ1) is 6.27. The van der Waals surface area contributed by atoms with Crippen molar-refractivity contribution in [3.8, 4) is 0 Å². The lowest BCUT2D eigenvalue weighted by atomic mass is 9.81. The van der Waals surface area contributed by atoms with Gasteiger partial charge in [-0.25, -0.2) is 0 Å². The molecule has 1 rings (SSSR count). The lowest BCUT2D eigenvalue weighted by molar-refractivity contribution is -0.148. The van der Waals surface area contributed by atoms with Crippen molar-refractivity contribution < 1.29 is 9.53 Å². The molecular formula is C9H14N2O2. The van der Waals surface area contributed by atoms with Gasteiger partial charge in [0, 0.05) is 6.21 Å². The van der Waals surface area contributed by atoms with Crippen molar-refractivity contribution in [2.75, 3.05) is 7.11 Å². The smallest absolute Gasteiger partial charge is 0.308 e. The zero-order valence-corrected chi connectivity index (χ0v) is 7.64. The van der Waals surface area contributed by atoms with E-state index in [0.29, 0.717) is 0 Å². The first kappa shape index (κ1) is 9.77. The zero-order chi connectivity index (χ0) is 9.68. The van der Waals surface area contributed by atoms with Crippen LogP contribution in [0.1, 0.15) is 12.8 Å². The van der Waals surface area contributed by atoms with Crippen LogP contribution in [0.15, 0.2) is 17.3 Å². The molecule has 1 aliphatic carbocycles. The highest BCUT2D eigenvalue weighted by atomic mass is 16.5. The van der Waals surface area contributed by atoms with Crippen LogP contribution in [0.5, 0.6) is 0 Å². The van der Waals surface area contributed by atoms with E-state index in [1.807, 2.05) is 0 Å². The fourth-order valence-corrected chi connectivity index (χ4v) is 1.29. The van der Waals surface area contributed by atoms with Gasteiger partial charge >= 0.3 is 5.97 Å². The fraction of sp³-hybridized carbons (Fsp3) is 0.556. The fourth-order valence-electron chi connectivity index (χ4n) is 1.29. The minimum absolute atomic E-state index is 0.0500. The van der Waals surface area contributed by atoms with Gasteiger partial charge in [-0.3, -0.25) is 9.79 Å². The minimum atomic E-state index is -0.124. The van der Waals surface area contributed by atoms with E-state index in [1.165, 1.54) is 13.3 Å². The molecule has 1 saturated carbocycles. The number of hydrogen-bond donors (Lipinski definition) is 1. The number of carbonyl (C=O) groups is 1. The molecule has 1 aliphatic rings. The highest BCUT2D eigenvalue weighted by Crippen LogP contribution is 2.30. The van der Waals surface area contributed by atoms with Crippen molar-refractivity contribution in [2.45, 2.75) is 18.9 Å². The summed E-state index contributed by atoms with van der Waals surface area (Å²) in [7, 11) is 1.41. The Kier molecular flexibility index (Phi) is 3.49. The van der Waals surface area contributed by atoms with Crippen molar-refractivity contribution in [3.63, 3.8) is 0 Å². The molecule has 0 aromatic rings. The molecule has 0 saturated heterocycles. The van der Waals surface area contributed by atoms with E-state index < -0.39 is 0 Å². The Hall–Kier alpha value is -1.32. The summed E-state index contributed by atoms with van der Waals surface area (Å²) in [6.07, 6.45) is 6.35. The Bertz CT molecular complexity index is 230. The van der Waals surface area contributed by atoms with Gasteiger partial charge in [0.1, 0.15) is 0 Å². The summed E-state index contributed by atoms with van der Waals surface area (Å²) >= 11 is 0. The van der Waals surface area contributed by atoms with Crippen LogP contribution in [0, 0.1) is 5.92 Å². The molecule has 0 unspecified atom stereocenters. The van der Waals surface area contributed by atoms with Gasteiger partial charge in [-0.05, 0) is 25.1 Å². The molecule has 1 fully saturated rings. The number of nitrogens with two attached hydrogens (primary N) is 1. The number of methoxy groups -OCH3 is 1. The lowest BCUT2D eigenvalue weighted by Gasteiger charge is -2.29. The molecule has 2 N–H and O–H groups in total. The van der Waals surface area contributed by atoms with Crippen LogP contribution in [-0.4, -0.2) is 25.3 Å². The third kappa shape index (κ3) is 2.57. The monoisotopic (exact) mass is 182 g/mol. The summed E-state index contributed by atoms with van der Waals surface area (Å²) in [4.78, 5) is 15.1. The van der Waals surface area contributed by atoms with Crippen molar-refractivity contribution in [2.24, 2.45) is 16.6 Å². The van der Waals surface area contributed by atoms with Crippen LogP contribution in [0.4, 0.5) is 0 Å². The number of allylic oxidation sites excluding steroid dienone is 1. The first-order valence-electron chi connectivity index (χ1n) is 4.25. The highest BCUT2D eigenvalue weighted by molar-refractivity contribution is 5.74. The third-order valence-corrected chi connectivity index (χ3v) is 2.14. The van der Waals surface area contributed by atoms with Crippen molar-refractivity contribution in [1.29, 1.82) is 0 Å². The summed E-state index contributed by atoms with van der Waals surface area (Å²) in [5.41, 5.74) is 5.13. The van der Waals surface area contributed by atoms with E-state index in [-0.39, 0.29) is 17.9 Å². The molecule has 0 aromatic carbocycles. The maximum Gasteiger partial charge on any atom is 0.308 e. The highest BCUT2D eigenvalue weighted by Gasteiger charge is 2.34. The second-order valence-electron chi connectivity index (χ2n) is 3.03. The van der Waals surface area contributed by atoms with Crippen LogP contribution in [0.25, 0.3) is 0 Å². The standard InChI is InChI=1S/C9H14N2O2/c1-13-9(12)7-5-8(6-7)11-4-2-3-10/h2-4,7-8H,5-6,10H2,1H3. The maximum atomic E-state index is 11.0. The Morgan fingerprint density at radius 3 is 2.85 bits per heavy atom. The molecular weight excluding hydrogens is 168 g/mol. The van der Waals surface area contributed by atoms with Crippen molar-refractivity contribution in [1.82, 2.24) is 0 Å². The number of ether oxygens (including phenoxy) is 1. The zero-order valence-electron chi connectivity index (χ0n) is 7.64. The Morgan fingerprint density at radius 2 is 2.31 bits per heavy atom. The van der Waals surface area contributed by atoms with Gasteiger partial charge in [-0.15, -0.1) is 0 Å². The molecule has 0 heterocycles. The Labute approximate surface area is 77.5 Å². The minimum Gasteiger partial charge on any atom is -0.469 e.